The van der Waals surface area contributed by atoms with Gasteiger partial charge >= 0.3 is 0 Å². The van der Waals surface area contributed by atoms with E-state index < -0.39 is 0 Å². The van der Waals surface area contributed by atoms with E-state index >= 15 is 0 Å². The first-order chi connectivity index (χ1) is 16.4. The summed E-state index contributed by atoms with van der Waals surface area (Å²) >= 11 is 8.67. The SMILES string of the molecule is Cc1ccc(CN2C(=O)C(=Cc3c(N4CCSCC4)nc4c(C)cccn4c3=O)SC2=S)cc1. The standard InChI is InChI=1S/C25H24N4O2S3/c1-16-5-7-18(8-6-16)15-29-24(31)20(34-25(29)32)14-19-22(27-10-12-33-13-11-27)26-21-17(2)4-3-9-28(21)23(19)30/h3-9,14H,10-13,15H2,1-2H3. The highest BCUT2D eigenvalue weighted by molar-refractivity contribution is 8.26. The first kappa shape index (κ1) is 23.1. The Kier molecular flexibility index (Phi) is 6.50. The van der Waals surface area contributed by atoms with Crippen molar-refractivity contribution in [1.82, 2.24) is 14.3 Å². The van der Waals surface area contributed by atoms with Crippen molar-refractivity contribution < 1.29 is 4.79 Å². The molecule has 0 atom stereocenters. The molecule has 4 heterocycles. The summed E-state index contributed by atoms with van der Waals surface area (Å²) in [6, 6.07) is 11.9. The number of amides is 1. The van der Waals surface area contributed by atoms with Crippen LogP contribution in [0.1, 0.15) is 22.3 Å². The molecule has 0 saturated carbocycles. The van der Waals surface area contributed by atoms with Gasteiger partial charge in [-0.2, -0.15) is 11.8 Å². The van der Waals surface area contributed by atoms with Gasteiger partial charge in [-0.05, 0) is 37.1 Å². The van der Waals surface area contributed by atoms with Crippen molar-refractivity contribution in [3.8, 4) is 0 Å². The normalized spacial score (nSPS) is 17.9. The van der Waals surface area contributed by atoms with Gasteiger partial charge in [-0.25, -0.2) is 4.98 Å². The minimum absolute atomic E-state index is 0.175. The minimum Gasteiger partial charge on any atom is -0.354 e. The fourth-order valence-electron chi connectivity index (χ4n) is 4.09. The first-order valence-electron chi connectivity index (χ1n) is 11.1. The monoisotopic (exact) mass is 508 g/mol. The summed E-state index contributed by atoms with van der Waals surface area (Å²) in [4.78, 5) is 36.0. The van der Waals surface area contributed by atoms with E-state index in [1.807, 2.05) is 62.0 Å². The number of carbonyl (C=O) groups is 1. The van der Waals surface area contributed by atoms with E-state index in [4.69, 9.17) is 17.2 Å². The molecule has 5 rings (SSSR count). The average Bonchev–Trinajstić information content (AvgIpc) is 3.10. The van der Waals surface area contributed by atoms with Crippen LogP contribution >= 0.6 is 35.7 Å². The molecule has 3 aromatic rings. The predicted octanol–water partition coefficient (Wildman–Crippen LogP) is 4.27. The maximum atomic E-state index is 13.6. The molecule has 0 bridgehead atoms. The van der Waals surface area contributed by atoms with Crippen LogP contribution in [0.25, 0.3) is 11.7 Å². The molecule has 2 saturated heterocycles. The number of fused-ring (bicyclic) bond motifs is 1. The second-order valence-corrected chi connectivity index (χ2v) is 11.3. The number of anilines is 1. The third-order valence-corrected chi connectivity index (χ3v) is 8.31. The number of hydrogen-bond donors (Lipinski definition) is 0. The highest BCUT2D eigenvalue weighted by atomic mass is 32.2. The molecule has 9 heteroatoms. The molecule has 1 amide bonds. The van der Waals surface area contributed by atoms with Crippen LogP contribution < -0.4 is 10.5 Å². The van der Waals surface area contributed by atoms with Crippen molar-refractivity contribution in [3.63, 3.8) is 0 Å². The third-order valence-electron chi connectivity index (χ3n) is 5.99. The lowest BCUT2D eigenvalue weighted by Gasteiger charge is -2.29. The molecule has 0 aliphatic carbocycles. The van der Waals surface area contributed by atoms with Gasteiger partial charge in [0.05, 0.1) is 17.0 Å². The molecule has 2 fully saturated rings. The Bertz CT molecular complexity index is 1380. The van der Waals surface area contributed by atoms with E-state index in [1.54, 1.807) is 21.6 Å². The van der Waals surface area contributed by atoms with Gasteiger partial charge in [-0.3, -0.25) is 18.9 Å². The Labute approximate surface area is 212 Å². The van der Waals surface area contributed by atoms with Crippen LogP contribution in [0, 0.1) is 13.8 Å². The summed E-state index contributed by atoms with van der Waals surface area (Å²) in [5.74, 6) is 2.42. The molecule has 2 aliphatic heterocycles. The van der Waals surface area contributed by atoms with Crippen LogP contribution in [0.2, 0.25) is 0 Å². The Morgan fingerprint density at radius 3 is 2.56 bits per heavy atom. The zero-order valence-corrected chi connectivity index (χ0v) is 21.4. The Morgan fingerprint density at radius 1 is 1.09 bits per heavy atom. The van der Waals surface area contributed by atoms with E-state index in [9.17, 15) is 9.59 Å². The fourth-order valence-corrected chi connectivity index (χ4v) is 6.23. The van der Waals surface area contributed by atoms with Crippen LogP contribution in [0.3, 0.4) is 0 Å². The topological polar surface area (TPSA) is 57.9 Å². The molecule has 1 aromatic carbocycles. The van der Waals surface area contributed by atoms with E-state index in [0.29, 0.717) is 32.8 Å². The minimum atomic E-state index is -0.176. The van der Waals surface area contributed by atoms with Gasteiger partial charge in [0.25, 0.3) is 11.5 Å². The van der Waals surface area contributed by atoms with Gasteiger partial charge in [-0.15, -0.1) is 0 Å². The lowest BCUT2D eigenvalue weighted by atomic mass is 10.1. The largest absolute Gasteiger partial charge is 0.354 e. The van der Waals surface area contributed by atoms with Crippen LogP contribution in [0.4, 0.5) is 5.82 Å². The number of thiocarbonyl (C=S) groups is 1. The number of aromatic nitrogens is 2. The van der Waals surface area contributed by atoms with Crippen molar-refractivity contribution in [2.75, 3.05) is 29.5 Å². The fraction of sp³-hybridized carbons (Fsp3) is 0.280. The van der Waals surface area contributed by atoms with Gasteiger partial charge < -0.3 is 4.90 Å². The van der Waals surface area contributed by atoms with E-state index in [-0.39, 0.29) is 11.5 Å². The lowest BCUT2D eigenvalue weighted by molar-refractivity contribution is -0.122. The predicted molar refractivity (Wildman–Crippen MR) is 146 cm³/mol. The molecule has 2 aliphatic rings. The number of hydrogen-bond acceptors (Lipinski definition) is 7. The van der Waals surface area contributed by atoms with E-state index in [0.717, 1.165) is 41.3 Å². The molecular formula is C25H24N4O2S3. The molecule has 2 aromatic heterocycles. The molecule has 0 radical (unpaired) electrons. The summed E-state index contributed by atoms with van der Waals surface area (Å²) in [6.07, 6.45) is 3.42. The summed E-state index contributed by atoms with van der Waals surface area (Å²) in [7, 11) is 0. The van der Waals surface area contributed by atoms with Crippen molar-refractivity contribution in [2.45, 2.75) is 20.4 Å². The third kappa shape index (κ3) is 4.39. The van der Waals surface area contributed by atoms with Crippen LogP contribution in [0.5, 0.6) is 0 Å². The number of aryl methyl sites for hydroxylation is 2. The molecule has 34 heavy (non-hydrogen) atoms. The number of carbonyl (C=O) groups excluding carboxylic acids is 1. The van der Waals surface area contributed by atoms with Gasteiger partial charge in [0.1, 0.15) is 15.8 Å². The van der Waals surface area contributed by atoms with Crippen LogP contribution in [0.15, 0.2) is 52.3 Å². The molecule has 174 valence electrons. The van der Waals surface area contributed by atoms with E-state index in [2.05, 4.69) is 4.90 Å². The quantitative estimate of drug-likeness (QED) is 0.385. The molecule has 6 nitrogen and oxygen atoms in total. The summed E-state index contributed by atoms with van der Waals surface area (Å²) in [5.41, 5.74) is 4.01. The molecule has 0 spiro atoms. The number of rotatable bonds is 4. The number of pyridine rings is 1. The maximum absolute atomic E-state index is 13.6. The van der Waals surface area contributed by atoms with Gasteiger partial charge in [0, 0.05) is 30.8 Å². The lowest BCUT2D eigenvalue weighted by Crippen LogP contribution is -2.36. The molecule has 0 N–H and O–H groups in total. The molecular weight excluding hydrogens is 485 g/mol. The molecule has 0 unspecified atom stereocenters. The highest BCUT2D eigenvalue weighted by Gasteiger charge is 2.33. The number of benzene rings is 1. The zero-order valence-electron chi connectivity index (χ0n) is 19.0. The van der Waals surface area contributed by atoms with Gasteiger partial charge in [0.15, 0.2) is 0 Å². The smallest absolute Gasteiger partial charge is 0.267 e. The van der Waals surface area contributed by atoms with Crippen molar-refractivity contribution in [2.24, 2.45) is 0 Å². The van der Waals surface area contributed by atoms with Gasteiger partial charge in [-0.1, -0.05) is 59.9 Å². The Balaban J connectivity index is 1.57. The van der Waals surface area contributed by atoms with Crippen molar-refractivity contribution in [1.29, 1.82) is 0 Å². The van der Waals surface area contributed by atoms with E-state index in [1.165, 1.54) is 11.8 Å². The average molecular weight is 509 g/mol. The Hall–Kier alpha value is -2.62. The summed E-state index contributed by atoms with van der Waals surface area (Å²) in [5, 5.41) is 0. The van der Waals surface area contributed by atoms with Crippen LogP contribution in [-0.4, -0.2) is 49.1 Å². The summed E-state index contributed by atoms with van der Waals surface area (Å²) in [6.45, 7) is 6.02. The maximum Gasteiger partial charge on any atom is 0.267 e. The number of thioether (sulfide) groups is 2. The highest BCUT2D eigenvalue weighted by Crippen LogP contribution is 2.35. The zero-order chi connectivity index (χ0) is 23.8. The summed E-state index contributed by atoms with van der Waals surface area (Å²) < 4.78 is 2.06. The second-order valence-electron chi connectivity index (χ2n) is 8.39. The number of nitrogens with zero attached hydrogens (tertiary/aromatic N) is 4. The second kappa shape index (κ2) is 9.56. The van der Waals surface area contributed by atoms with Crippen molar-refractivity contribution in [3.05, 3.63) is 80.1 Å². The first-order valence-corrected chi connectivity index (χ1v) is 13.5. The van der Waals surface area contributed by atoms with Crippen molar-refractivity contribution >= 4 is 63.5 Å². The van der Waals surface area contributed by atoms with Gasteiger partial charge in [0.2, 0.25) is 0 Å². The Morgan fingerprint density at radius 2 is 1.82 bits per heavy atom. The van der Waals surface area contributed by atoms with Crippen LogP contribution in [-0.2, 0) is 11.3 Å².